The zero-order valence-corrected chi connectivity index (χ0v) is 21.2. The van der Waals surface area contributed by atoms with Gasteiger partial charge in [-0.1, -0.05) is 50.1 Å². The molecule has 0 saturated carbocycles. The predicted octanol–water partition coefficient (Wildman–Crippen LogP) is 3.83. The quantitative estimate of drug-likeness (QED) is 0.409. The fourth-order valence-electron chi connectivity index (χ4n) is 4.05. The average molecular weight is 517 g/mol. The Hall–Kier alpha value is -2.92. The summed E-state index contributed by atoms with van der Waals surface area (Å²) in [6.45, 7) is 4.80. The fourth-order valence-corrected chi connectivity index (χ4v) is 4.55. The van der Waals surface area contributed by atoms with Gasteiger partial charge in [0, 0.05) is 25.7 Å². The van der Waals surface area contributed by atoms with Crippen molar-refractivity contribution in [1.29, 1.82) is 0 Å². The normalized spacial score (nSPS) is 15.7. The lowest BCUT2D eigenvalue weighted by molar-refractivity contribution is 0.395. The van der Waals surface area contributed by atoms with Crippen LogP contribution in [-0.2, 0) is 29.8 Å². The van der Waals surface area contributed by atoms with Gasteiger partial charge in [0.1, 0.15) is 11.6 Å². The summed E-state index contributed by atoms with van der Waals surface area (Å²) in [6.07, 6.45) is 4.33. The van der Waals surface area contributed by atoms with Gasteiger partial charge in [-0.3, -0.25) is 13.9 Å². The van der Waals surface area contributed by atoms with Crippen molar-refractivity contribution in [3.05, 3.63) is 93.9 Å². The molecular weight excluding hydrogens is 483 g/mol. The van der Waals surface area contributed by atoms with Crippen LogP contribution < -0.4 is 16.2 Å². The van der Waals surface area contributed by atoms with E-state index in [1.54, 1.807) is 36.4 Å². The number of nitrogens with one attached hydrogen (secondary N) is 2. The Morgan fingerprint density at radius 3 is 2.42 bits per heavy atom. The molecule has 36 heavy (non-hydrogen) atoms. The smallest absolute Gasteiger partial charge is 0.294 e. The Morgan fingerprint density at radius 2 is 1.78 bits per heavy atom. The Bertz CT molecular complexity index is 1270. The van der Waals surface area contributed by atoms with Gasteiger partial charge in [0.2, 0.25) is 0 Å². The molecule has 1 aliphatic rings. The minimum atomic E-state index is -4.00. The van der Waals surface area contributed by atoms with Crippen LogP contribution >= 0.6 is 0 Å². The predicted molar refractivity (Wildman–Crippen MR) is 137 cm³/mol. The van der Waals surface area contributed by atoms with E-state index in [1.165, 1.54) is 24.3 Å². The van der Waals surface area contributed by atoms with Crippen LogP contribution in [0.15, 0.2) is 70.4 Å². The van der Waals surface area contributed by atoms with Gasteiger partial charge in [-0.2, -0.15) is 8.42 Å². The second-order valence-electron chi connectivity index (χ2n) is 8.57. The van der Waals surface area contributed by atoms with Crippen molar-refractivity contribution >= 4 is 10.1 Å². The average Bonchev–Trinajstić information content (AvgIpc) is 2.84. The number of halogens is 1. The van der Waals surface area contributed by atoms with Gasteiger partial charge in [-0.05, 0) is 49.2 Å². The van der Waals surface area contributed by atoms with E-state index in [-0.39, 0.29) is 22.3 Å². The van der Waals surface area contributed by atoms with Gasteiger partial charge in [0.15, 0.2) is 0 Å². The second kappa shape index (κ2) is 13.4. The highest BCUT2D eigenvalue weighted by molar-refractivity contribution is 7.85. The van der Waals surface area contributed by atoms with Gasteiger partial charge in [-0.25, -0.2) is 9.37 Å². The van der Waals surface area contributed by atoms with E-state index in [0.717, 1.165) is 55.9 Å². The van der Waals surface area contributed by atoms with E-state index in [9.17, 15) is 17.6 Å². The monoisotopic (exact) mass is 516 g/mol. The molecule has 1 unspecified atom stereocenters. The highest BCUT2D eigenvalue weighted by Gasteiger charge is 2.20. The van der Waals surface area contributed by atoms with Crippen LogP contribution in [0.1, 0.15) is 55.7 Å². The minimum absolute atomic E-state index is 0.0263. The Kier molecular flexibility index (Phi) is 10.3. The zero-order valence-electron chi connectivity index (χ0n) is 20.4. The first-order valence-corrected chi connectivity index (χ1v) is 13.5. The summed E-state index contributed by atoms with van der Waals surface area (Å²) in [5.74, 6) is 0.622. The maximum absolute atomic E-state index is 13.0. The molecule has 2 heterocycles. The molecular formula is C26H33FN4O4S. The Labute approximate surface area is 211 Å². The van der Waals surface area contributed by atoms with Gasteiger partial charge in [-0.15, -0.1) is 0 Å². The lowest BCUT2D eigenvalue weighted by Gasteiger charge is -2.24. The molecule has 0 radical (unpaired) electrons. The Morgan fingerprint density at radius 1 is 1.06 bits per heavy atom. The third-order valence-corrected chi connectivity index (χ3v) is 6.68. The Balaban J connectivity index is 0.000000303. The lowest BCUT2D eigenvalue weighted by Crippen LogP contribution is -2.34. The van der Waals surface area contributed by atoms with Crippen LogP contribution in [0.2, 0.25) is 0 Å². The molecule has 0 saturated heterocycles. The van der Waals surface area contributed by atoms with Crippen molar-refractivity contribution in [3.8, 4) is 0 Å². The molecule has 0 spiro atoms. The van der Waals surface area contributed by atoms with Crippen molar-refractivity contribution in [1.82, 2.24) is 20.2 Å². The second-order valence-corrected chi connectivity index (χ2v) is 9.99. The fraction of sp³-hybridized carbons (Fsp3) is 0.385. The number of rotatable bonds is 7. The van der Waals surface area contributed by atoms with Crippen molar-refractivity contribution < 1.29 is 17.4 Å². The summed E-state index contributed by atoms with van der Waals surface area (Å²) >= 11 is 0. The molecule has 1 aliphatic heterocycles. The molecule has 8 nitrogen and oxygen atoms in total. The number of benzene rings is 2. The van der Waals surface area contributed by atoms with Crippen molar-refractivity contribution in [2.75, 3.05) is 6.54 Å². The van der Waals surface area contributed by atoms with E-state index in [4.69, 9.17) is 9.54 Å². The first kappa shape index (κ1) is 27.7. The van der Waals surface area contributed by atoms with E-state index in [0.29, 0.717) is 13.1 Å². The molecule has 0 amide bonds. The summed E-state index contributed by atoms with van der Waals surface area (Å²) in [6, 6.07) is 15.6. The SMILES string of the molecule is CCNC1CCCCCn2c1nc(CNCc1ccc(F)cc1)cc2=O.O=S(=O)(O)c1ccccc1. The number of aromatic nitrogens is 2. The number of hydrogen-bond donors (Lipinski definition) is 3. The topological polar surface area (TPSA) is 113 Å². The molecule has 3 aromatic rings. The van der Waals surface area contributed by atoms with Crippen molar-refractivity contribution in [3.63, 3.8) is 0 Å². The van der Waals surface area contributed by atoms with Crippen molar-refractivity contribution in [2.24, 2.45) is 0 Å². The van der Waals surface area contributed by atoms with Crippen LogP contribution in [0.25, 0.3) is 0 Å². The molecule has 3 N–H and O–H groups in total. The highest BCUT2D eigenvalue weighted by Crippen LogP contribution is 2.21. The summed E-state index contributed by atoms with van der Waals surface area (Å²) in [4.78, 5) is 17.3. The molecule has 2 aromatic carbocycles. The first-order chi connectivity index (χ1) is 17.3. The van der Waals surface area contributed by atoms with E-state index >= 15 is 0 Å². The molecule has 10 heteroatoms. The van der Waals surface area contributed by atoms with Gasteiger partial charge >= 0.3 is 0 Å². The molecule has 194 valence electrons. The molecule has 0 aliphatic carbocycles. The van der Waals surface area contributed by atoms with Gasteiger partial charge < -0.3 is 10.6 Å². The maximum atomic E-state index is 13.0. The van der Waals surface area contributed by atoms with E-state index < -0.39 is 10.1 Å². The molecule has 4 rings (SSSR count). The minimum Gasteiger partial charge on any atom is -0.308 e. The van der Waals surface area contributed by atoms with Crippen molar-refractivity contribution in [2.45, 2.75) is 63.2 Å². The number of hydrogen-bond acceptors (Lipinski definition) is 6. The van der Waals surface area contributed by atoms with Crippen LogP contribution in [0, 0.1) is 5.82 Å². The van der Waals surface area contributed by atoms with Crippen LogP contribution in [0.4, 0.5) is 4.39 Å². The number of fused-ring (bicyclic) bond motifs is 1. The highest BCUT2D eigenvalue weighted by atomic mass is 32.2. The lowest BCUT2D eigenvalue weighted by atomic mass is 10.0. The zero-order chi connectivity index (χ0) is 26.0. The van der Waals surface area contributed by atoms with Gasteiger partial charge in [0.25, 0.3) is 15.7 Å². The van der Waals surface area contributed by atoms with Gasteiger partial charge in [0.05, 0.1) is 16.6 Å². The number of nitrogens with zero attached hydrogens (tertiary/aromatic N) is 2. The van der Waals surface area contributed by atoms with E-state index in [1.807, 2.05) is 4.57 Å². The summed E-state index contributed by atoms with van der Waals surface area (Å²) in [7, 11) is -4.00. The summed E-state index contributed by atoms with van der Waals surface area (Å²) in [5.41, 5.74) is 1.78. The molecule has 0 fully saturated rings. The third-order valence-electron chi connectivity index (χ3n) is 5.82. The standard InChI is InChI=1S/C20H27FN4O.C6H6O3S/c1-2-23-18-6-4-3-5-11-25-19(26)12-17(24-20(18)25)14-22-13-15-7-9-16(21)10-8-15;7-10(8,9)6-4-2-1-3-5-6/h7-10,12,18,22-23H,2-6,11,13-14H2,1H3;1-5H,(H,7,8,9). The molecule has 0 bridgehead atoms. The molecule has 1 aromatic heterocycles. The summed E-state index contributed by atoms with van der Waals surface area (Å²) < 4.78 is 44.0. The molecule has 1 atom stereocenters. The van der Waals surface area contributed by atoms with Crippen LogP contribution in [0.5, 0.6) is 0 Å². The third kappa shape index (κ3) is 8.34. The van der Waals surface area contributed by atoms with Crippen LogP contribution in [-0.4, -0.2) is 29.1 Å². The van der Waals surface area contributed by atoms with E-state index in [2.05, 4.69) is 17.6 Å². The largest absolute Gasteiger partial charge is 0.308 e. The summed E-state index contributed by atoms with van der Waals surface area (Å²) in [5, 5.41) is 6.76. The first-order valence-electron chi connectivity index (χ1n) is 12.1. The maximum Gasteiger partial charge on any atom is 0.294 e. The van der Waals surface area contributed by atoms with Crippen LogP contribution in [0.3, 0.4) is 0 Å².